The standard InChI is InChI=1S/C27H32F3NO4/c1-17(2)35-25-12-22(9-8-20(25)13-31-14-21(15-31)26(32)33)34-16-18-7-10-23(19-5-3-4-6-19)24(11-18)27(28,29)30/h7-12,17,19,21H,3-6,13-16H2,1-2H3,(H,32,33). The van der Waals surface area contributed by atoms with Crippen molar-refractivity contribution in [2.24, 2.45) is 5.92 Å². The predicted octanol–water partition coefficient (Wildman–Crippen LogP) is 6.25. The molecule has 1 heterocycles. The number of benzene rings is 2. The minimum atomic E-state index is -4.40. The smallest absolute Gasteiger partial charge is 0.416 e. The van der Waals surface area contributed by atoms with E-state index in [2.05, 4.69) is 0 Å². The van der Waals surface area contributed by atoms with Gasteiger partial charge in [-0.3, -0.25) is 9.69 Å². The first-order valence-corrected chi connectivity index (χ1v) is 12.2. The summed E-state index contributed by atoms with van der Waals surface area (Å²) >= 11 is 0. The molecule has 5 nitrogen and oxygen atoms in total. The van der Waals surface area contributed by atoms with Crippen LogP contribution in [-0.2, 0) is 24.1 Å². The summed E-state index contributed by atoms with van der Waals surface area (Å²) in [6.07, 6.45) is -0.922. The molecule has 1 saturated heterocycles. The molecule has 0 unspecified atom stereocenters. The Kier molecular flexibility index (Phi) is 7.59. The van der Waals surface area contributed by atoms with Crippen LogP contribution in [0.2, 0.25) is 0 Å². The number of carboxylic acid groups (broad SMARTS) is 1. The number of ether oxygens (including phenoxy) is 2. The third-order valence-electron chi connectivity index (χ3n) is 6.73. The number of nitrogens with zero attached hydrogens (tertiary/aromatic N) is 1. The molecule has 0 atom stereocenters. The van der Waals surface area contributed by atoms with Gasteiger partial charge in [-0.05, 0) is 55.9 Å². The van der Waals surface area contributed by atoms with E-state index in [0.717, 1.165) is 31.2 Å². The maximum absolute atomic E-state index is 13.8. The molecule has 35 heavy (non-hydrogen) atoms. The highest BCUT2D eigenvalue weighted by atomic mass is 19.4. The maximum Gasteiger partial charge on any atom is 0.416 e. The number of rotatable bonds is 9. The van der Waals surface area contributed by atoms with Crippen molar-refractivity contribution in [1.82, 2.24) is 4.90 Å². The topological polar surface area (TPSA) is 59.0 Å². The second-order valence-electron chi connectivity index (χ2n) is 9.85. The zero-order valence-electron chi connectivity index (χ0n) is 20.1. The normalized spacial score (nSPS) is 17.5. The van der Waals surface area contributed by atoms with Crippen molar-refractivity contribution in [1.29, 1.82) is 0 Å². The molecule has 0 aromatic heterocycles. The molecule has 0 amide bonds. The van der Waals surface area contributed by atoms with Crippen LogP contribution in [0.15, 0.2) is 36.4 Å². The van der Waals surface area contributed by atoms with Crippen LogP contribution in [0.25, 0.3) is 0 Å². The molecule has 0 bridgehead atoms. The summed E-state index contributed by atoms with van der Waals surface area (Å²) in [4.78, 5) is 13.1. The molecule has 1 N–H and O–H groups in total. The third kappa shape index (κ3) is 6.28. The Morgan fingerprint density at radius 2 is 1.83 bits per heavy atom. The van der Waals surface area contributed by atoms with Gasteiger partial charge < -0.3 is 14.6 Å². The molecule has 0 spiro atoms. The highest BCUT2D eigenvalue weighted by Gasteiger charge is 2.36. The lowest BCUT2D eigenvalue weighted by atomic mass is 9.91. The summed E-state index contributed by atoms with van der Waals surface area (Å²) in [5.41, 5.74) is 1.22. The number of halogens is 3. The molecule has 190 valence electrons. The minimum Gasteiger partial charge on any atom is -0.491 e. The van der Waals surface area contributed by atoms with Crippen molar-refractivity contribution in [3.8, 4) is 11.5 Å². The van der Waals surface area contributed by atoms with Crippen LogP contribution in [-0.4, -0.2) is 35.2 Å². The molecule has 8 heteroatoms. The van der Waals surface area contributed by atoms with Gasteiger partial charge in [-0.25, -0.2) is 0 Å². The fourth-order valence-electron chi connectivity index (χ4n) is 4.91. The van der Waals surface area contributed by atoms with Gasteiger partial charge in [0, 0.05) is 31.3 Å². The van der Waals surface area contributed by atoms with Crippen molar-refractivity contribution >= 4 is 5.97 Å². The van der Waals surface area contributed by atoms with Crippen molar-refractivity contribution in [2.45, 2.75) is 70.9 Å². The Morgan fingerprint density at radius 1 is 1.11 bits per heavy atom. The number of aliphatic carboxylic acids is 1. The second kappa shape index (κ2) is 10.5. The van der Waals surface area contributed by atoms with Gasteiger partial charge in [0.2, 0.25) is 0 Å². The molecule has 1 saturated carbocycles. The Morgan fingerprint density at radius 3 is 2.46 bits per heavy atom. The molecule has 0 radical (unpaired) electrons. The molecule has 2 fully saturated rings. The lowest BCUT2D eigenvalue weighted by Gasteiger charge is -2.37. The van der Waals surface area contributed by atoms with E-state index in [0.29, 0.717) is 42.3 Å². The van der Waals surface area contributed by atoms with Crippen LogP contribution in [0.4, 0.5) is 13.2 Å². The Bertz CT molecular complexity index is 1040. The SMILES string of the molecule is CC(C)Oc1cc(OCc2ccc(C3CCCC3)c(C(F)(F)F)c2)ccc1CN1CC(C(=O)O)C1. The highest BCUT2D eigenvalue weighted by Crippen LogP contribution is 2.42. The van der Waals surface area contributed by atoms with Crippen LogP contribution in [0.3, 0.4) is 0 Å². The number of carbonyl (C=O) groups is 1. The Labute approximate surface area is 203 Å². The van der Waals surface area contributed by atoms with Gasteiger partial charge in [0.1, 0.15) is 18.1 Å². The van der Waals surface area contributed by atoms with Gasteiger partial charge in [0.25, 0.3) is 0 Å². The van der Waals surface area contributed by atoms with E-state index in [1.165, 1.54) is 6.07 Å². The second-order valence-corrected chi connectivity index (χ2v) is 9.85. The van der Waals surface area contributed by atoms with E-state index >= 15 is 0 Å². The van der Waals surface area contributed by atoms with E-state index in [9.17, 15) is 18.0 Å². The van der Waals surface area contributed by atoms with E-state index < -0.39 is 17.7 Å². The fourth-order valence-corrected chi connectivity index (χ4v) is 4.91. The number of hydrogen-bond acceptors (Lipinski definition) is 4. The average Bonchev–Trinajstić information content (AvgIpc) is 3.29. The van der Waals surface area contributed by atoms with E-state index in [1.807, 2.05) is 24.8 Å². The highest BCUT2D eigenvalue weighted by molar-refractivity contribution is 5.71. The van der Waals surface area contributed by atoms with Gasteiger partial charge in [-0.1, -0.05) is 31.0 Å². The first-order valence-electron chi connectivity index (χ1n) is 12.2. The van der Waals surface area contributed by atoms with E-state index in [1.54, 1.807) is 24.3 Å². The fraction of sp³-hybridized carbons (Fsp3) is 0.519. The largest absolute Gasteiger partial charge is 0.491 e. The molecule has 2 aromatic rings. The molecular formula is C27H32F3NO4. The molecule has 1 aliphatic carbocycles. The van der Waals surface area contributed by atoms with Crippen LogP contribution < -0.4 is 9.47 Å². The quantitative estimate of drug-likeness (QED) is 0.450. The summed E-state index contributed by atoms with van der Waals surface area (Å²) in [6.45, 7) is 5.38. The molecule has 4 rings (SSSR count). The van der Waals surface area contributed by atoms with Crippen LogP contribution in [0, 0.1) is 5.92 Å². The molecular weight excluding hydrogens is 459 g/mol. The number of alkyl halides is 3. The van der Waals surface area contributed by atoms with Gasteiger partial charge >= 0.3 is 12.1 Å². The predicted molar refractivity (Wildman–Crippen MR) is 126 cm³/mol. The van der Waals surface area contributed by atoms with Crippen molar-refractivity contribution in [2.75, 3.05) is 13.1 Å². The van der Waals surface area contributed by atoms with Gasteiger partial charge in [0.15, 0.2) is 0 Å². The zero-order valence-corrected chi connectivity index (χ0v) is 20.1. The third-order valence-corrected chi connectivity index (χ3v) is 6.73. The number of carboxylic acids is 1. The van der Waals surface area contributed by atoms with Crippen LogP contribution in [0.1, 0.15) is 67.7 Å². The van der Waals surface area contributed by atoms with Crippen molar-refractivity contribution < 1.29 is 32.5 Å². The molecule has 1 aliphatic heterocycles. The van der Waals surface area contributed by atoms with Crippen LogP contribution >= 0.6 is 0 Å². The summed E-state index contributed by atoms with van der Waals surface area (Å²) in [6, 6.07) is 9.95. The monoisotopic (exact) mass is 491 g/mol. The Balaban J connectivity index is 1.46. The summed E-state index contributed by atoms with van der Waals surface area (Å²) < 4.78 is 53.1. The van der Waals surface area contributed by atoms with Crippen molar-refractivity contribution in [3.05, 3.63) is 58.7 Å². The summed E-state index contributed by atoms with van der Waals surface area (Å²) in [5.74, 6) is -0.0157. The van der Waals surface area contributed by atoms with Crippen LogP contribution in [0.5, 0.6) is 11.5 Å². The average molecular weight is 492 g/mol. The van der Waals surface area contributed by atoms with Gasteiger partial charge in [-0.15, -0.1) is 0 Å². The Hall–Kier alpha value is -2.74. The van der Waals surface area contributed by atoms with E-state index in [4.69, 9.17) is 14.6 Å². The van der Waals surface area contributed by atoms with E-state index in [-0.39, 0.29) is 24.5 Å². The molecule has 2 aromatic carbocycles. The first kappa shape index (κ1) is 25.4. The zero-order chi connectivity index (χ0) is 25.2. The first-order chi connectivity index (χ1) is 16.6. The number of hydrogen-bond donors (Lipinski definition) is 1. The lowest BCUT2D eigenvalue weighted by Crippen LogP contribution is -2.49. The van der Waals surface area contributed by atoms with Gasteiger partial charge in [0.05, 0.1) is 17.6 Å². The molecule has 2 aliphatic rings. The van der Waals surface area contributed by atoms with Crippen molar-refractivity contribution in [3.63, 3.8) is 0 Å². The summed E-state index contributed by atoms with van der Waals surface area (Å²) in [5, 5.41) is 9.08. The summed E-state index contributed by atoms with van der Waals surface area (Å²) in [7, 11) is 0. The lowest BCUT2D eigenvalue weighted by molar-refractivity contribution is -0.147. The minimum absolute atomic E-state index is 0.0148. The number of likely N-dealkylation sites (tertiary alicyclic amines) is 1. The maximum atomic E-state index is 13.8. The van der Waals surface area contributed by atoms with Gasteiger partial charge in [-0.2, -0.15) is 13.2 Å².